The Morgan fingerprint density at radius 1 is 0.939 bits per heavy atom. The number of benzene rings is 3. The molecule has 1 amide bonds. The summed E-state index contributed by atoms with van der Waals surface area (Å²) in [5.74, 6) is -0.404. The minimum absolute atomic E-state index is 0.162. The van der Waals surface area contributed by atoms with E-state index in [1.807, 2.05) is 19.9 Å². The molecule has 0 aliphatic carbocycles. The number of anilines is 2. The molecule has 0 saturated carbocycles. The molecule has 0 aliphatic rings. The van der Waals surface area contributed by atoms with Crippen LogP contribution in [0.15, 0.2) is 82.7 Å². The van der Waals surface area contributed by atoms with Crippen LogP contribution in [0.2, 0.25) is 0 Å². The topological polar surface area (TPSA) is 110 Å². The van der Waals surface area contributed by atoms with Gasteiger partial charge < -0.3 is 5.32 Å². The molecule has 0 spiro atoms. The van der Waals surface area contributed by atoms with Crippen LogP contribution in [0.5, 0.6) is 0 Å². The number of para-hydroxylation sites is 1. The Kier molecular flexibility index (Phi) is 5.97. The third-order valence-electron chi connectivity index (χ3n) is 5.12. The first-order valence-electron chi connectivity index (χ1n) is 10.2. The molecule has 2 N–H and O–H groups in total. The molecule has 3 aromatic carbocycles. The van der Waals surface area contributed by atoms with E-state index < -0.39 is 15.9 Å². The lowest BCUT2D eigenvalue weighted by atomic mass is 10.1. The molecule has 4 aromatic rings. The van der Waals surface area contributed by atoms with Crippen LogP contribution in [-0.4, -0.2) is 23.9 Å². The Bertz CT molecular complexity index is 1490. The molecule has 0 aliphatic heterocycles. The van der Waals surface area contributed by atoms with Crippen molar-refractivity contribution in [2.24, 2.45) is 0 Å². The van der Waals surface area contributed by atoms with Gasteiger partial charge in [-0.05, 0) is 61.9 Å². The van der Waals surface area contributed by atoms with Crippen LogP contribution < -0.4 is 15.6 Å². The lowest BCUT2D eigenvalue weighted by Gasteiger charge is -2.11. The third kappa shape index (κ3) is 4.93. The molecule has 9 heteroatoms. The Morgan fingerprint density at radius 2 is 1.61 bits per heavy atom. The van der Waals surface area contributed by atoms with Crippen LogP contribution in [0, 0.1) is 13.8 Å². The highest BCUT2D eigenvalue weighted by atomic mass is 32.2. The van der Waals surface area contributed by atoms with Gasteiger partial charge in [-0.25, -0.2) is 13.4 Å². The average molecular weight is 463 g/mol. The van der Waals surface area contributed by atoms with Gasteiger partial charge in [-0.15, -0.1) is 0 Å². The van der Waals surface area contributed by atoms with Crippen molar-refractivity contribution in [3.05, 3.63) is 94.5 Å². The van der Waals surface area contributed by atoms with Crippen molar-refractivity contribution in [3.63, 3.8) is 0 Å². The number of nitrogens with one attached hydrogen (secondary N) is 2. The summed E-state index contributed by atoms with van der Waals surface area (Å²) >= 11 is 0. The van der Waals surface area contributed by atoms with Gasteiger partial charge in [0.15, 0.2) is 0 Å². The number of carbonyl (C=O) groups is 1. The molecular formula is C24H22N4O4S. The molecule has 0 atom stereocenters. The predicted molar refractivity (Wildman–Crippen MR) is 128 cm³/mol. The monoisotopic (exact) mass is 462 g/mol. The number of amides is 1. The van der Waals surface area contributed by atoms with Crippen molar-refractivity contribution in [3.8, 4) is 0 Å². The molecule has 4 rings (SSSR count). The number of sulfonamides is 1. The first-order chi connectivity index (χ1) is 15.7. The first kappa shape index (κ1) is 22.2. The molecule has 1 aromatic heterocycles. The van der Waals surface area contributed by atoms with Gasteiger partial charge >= 0.3 is 0 Å². The summed E-state index contributed by atoms with van der Waals surface area (Å²) in [5.41, 5.74) is 3.00. The van der Waals surface area contributed by atoms with E-state index in [1.165, 1.54) is 23.0 Å². The van der Waals surface area contributed by atoms with Gasteiger partial charge in [0.1, 0.15) is 6.54 Å². The van der Waals surface area contributed by atoms with E-state index in [-0.39, 0.29) is 17.0 Å². The molecule has 8 nitrogen and oxygen atoms in total. The van der Waals surface area contributed by atoms with E-state index in [4.69, 9.17) is 0 Å². The summed E-state index contributed by atoms with van der Waals surface area (Å²) in [4.78, 5) is 29.6. The maximum Gasteiger partial charge on any atom is 0.261 e. The fourth-order valence-corrected chi connectivity index (χ4v) is 4.42. The Hall–Kier alpha value is -3.98. The maximum absolute atomic E-state index is 12.7. The number of carbonyl (C=O) groups excluding carboxylic acids is 1. The Balaban J connectivity index is 1.43. The van der Waals surface area contributed by atoms with Gasteiger partial charge in [0, 0.05) is 11.4 Å². The second kappa shape index (κ2) is 8.87. The fourth-order valence-electron chi connectivity index (χ4n) is 3.36. The van der Waals surface area contributed by atoms with Gasteiger partial charge in [0.05, 0.1) is 22.1 Å². The second-order valence-electron chi connectivity index (χ2n) is 7.69. The highest BCUT2D eigenvalue weighted by Crippen LogP contribution is 2.19. The molecule has 0 radical (unpaired) electrons. The molecular weight excluding hydrogens is 440 g/mol. The zero-order valence-electron chi connectivity index (χ0n) is 18.1. The van der Waals surface area contributed by atoms with Gasteiger partial charge in [-0.1, -0.05) is 29.8 Å². The largest absolute Gasteiger partial charge is 0.325 e. The maximum atomic E-state index is 12.7. The van der Waals surface area contributed by atoms with E-state index >= 15 is 0 Å². The van der Waals surface area contributed by atoms with Gasteiger partial charge in [0.25, 0.3) is 15.6 Å². The van der Waals surface area contributed by atoms with Crippen LogP contribution in [0.25, 0.3) is 10.9 Å². The van der Waals surface area contributed by atoms with E-state index in [0.29, 0.717) is 22.3 Å². The first-order valence-corrected chi connectivity index (χ1v) is 11.7. The molecule has 0 unspecified atom stereocenters. The quantitative estimate of drug-likeness (QED) is 0.456. The molecule has 0 saturated heterocycles. The Labute approximate surface area is 191 Å². The van der Waals surface area contributed by atoms with Crippen LogP contribution in [0.3, 0.4) is 0 Å². The van der Waals surface area contributed by atoms with Crippen molar-refractivity contribution in [2.45, 2.75) is 25.3 Å². The number of hydrogen-bond donors (Lipinski definition) is 2. The van der Waals surface area contributed by atoms with Crippen molar-refractivity contribution in [2.75, 3.05) is 10.0 Å². The van der Waals surface area contributed by atoms with Crippen molar-refractivity contribution in [1.29, 1.82) is 0 Å². The zero-order valence-corrected chi connectivity index (χ0v) is 18.9. The normalized spacial score (nSPS) is 11.3. The SMILES string of the molecule is Cc1ccc(S(=O)(=O)Nc2ccc(NC(=O)Cn3cnc4c(C)cccc4c3=O)cc2)cc1. The smallest absolute Gasteiger partial charge is 0.261 e. The van der Waals surface area contributed by atoms with E-state index in [0.717, 1.165) is 11.1 Å². The standard InChI is InChI=1S/C24H22N4O4S/c1-16-6-12-20(13-7-16)33(31,32)27-19-10-8-18(9-11-19)26-22(29)14-28-15-25-23-17(2)4-3-5-21(23)24(28)30/h3-13,15,27H,14H2,1-2H3,(H,26,29). The minimum Gasteiger partial charge on any atom is -0.325 e. The number of aryl methyl sites for hydroxylation is 2. The summed E-state index contributed by atoms with van der Waals surface area (Å²) in [6, 6.07) is 18.1. The third-order valence-corrected chi connectivity index (χ3v) is 6.52. The molecule has 0 bridgehead atoms. The highest BCUT2D eigenvalue weighted by molar-refractivity contribution is 7.92. The number of rotatable bonds is 6. The van der Waals surface area contributed by atoms with Crippen molar-refractivity contribution in [1.82, 2.24) is 9.55 Å². The second-order valence-corrected chi connectivity index (χ2v) is 9.38. The Morgan fingerprint density at radius 3 is 2.30 bits per heavy atom. The summed E-state index contributed by atoms with van der Waals surface area (Å²) in [6.07, 6.45) is 1.36. The van der Waals surface area contributed by atoms with E-state index in [2.05, 4.69) is 15.0 Å². The average Bonchev–Trinajstić information content (AvgIpc) is 2.78. The summed E-state index contributed by atoms with van der Waals surface area (Å²) in [5, 5.41) is 3.16. The van der Waals surface area contributed by atoms with Gasteiger partial charge in [0.2, 0.25) is 5.91 Å². The number of nitrogens with zero attached hydrogens (tertiary/aromatic N) is 2. The number of aromatic nitrogens is 2. The number of fused-ring (bicyclic) bond motifs is 1. The predicted octanol–water partition coefficient (Wildman–Crippen LogP) is 3.45. The molecule has 33 heavy (non-hydrogen) atoms. The molecule has 1 heterocycles. The van der Waals surface area contributed by atoms with E-state index in [1.54, 1.807) is 48.5 Å². The summed E-state index contributed by atoms with van der Waals surface area (Å²) < 4.78 is 28.8. The van der Waals surface area contributed by atoms with Crippen LogP contribution in [0.4, 0.5) is 11.4 Å². The molecule has 0 fully saturated rings. The van der Waals surface area contributed by atoms with Gasteiger partial charge in [-0.3, -0.25) is 18.9 Å². The van der Waals surface area contributed by atoms with Crippen LogP contribution >= 0.6 is 0 Å². The molecule has 168 valence electrons. The van der Waals surface area contributed by atoms with Crippen molar-refractivity contribution < 1.29 is 13.2 Å². The lowest BCUT2D eigenvalue weighted by molar-refractivity contribution is -0.116. The fraction of sp³-hybridized carbons (Fsp3) is 0.125. The summed E-state index contributed by atoms with van der Waals surface area (Å²) in [7, 11) is -3.71. The van der Waals surface area contributed by atoms with Crippen LogP contribution in [-0.2, 0) is 21.4 Å². The lowest BCUT2D eigenvalue weighted by Crippen LogP contribution is -2.28. The highest BCUT2D eigenvalue weighted by Gasteiger charge is 2.14. The zero-order chi connectivity index (χ0) is 23.6. The van der Waals surface area contributed by atoms with Crippen LogP contribution in [0.1, 0.15) is 11.1 Å². The van der Waals surface area contributed by atoms with Crippen molar-refractivity contribution >= 4 is 38.2 Å². The number of hydrogen-bond acceptors (Lipinski definition) is 5. The summed E-state index contributed by atoms with van der Waals surface area (Å²) in [6.45, 7) is 3.55. The minimum atomic E-state index is -3.71. The van der Waals surface area contributed by atoms with Gasteiger partial charge in [-0.2, -0.15) is 0 Å². The van der Waals surface area contributed by atoms with E-state index in [9.17, 15) is 18.0 Å².